The van der Waals surface area contributed by atoms with Crippen LogP contribution in [-0.2, 0) is 38.1 Å². The zero-order valence-corrected chi connectivity index (χ0v) is 21.0. The second-order valence-corrected chi connectivity index (χ2v) is 11.5. The number of cyclic esters (lactones) is 1. The third kappa shape index (κ3) is 2.61. The van der Waals surface area contributed by atoms with Gasteiger partial charge in [-0.2, -0.15) is 0 Å². The second kappa shape index (κ2) is 7.03. The summed E-state index contributed by atoms with van der Waals surface area (Å²) >= 11 is 0. The molecule has 2 aliphatic carbocycles. The fraction of sp³-hybridized carbons (Fsp3) is 0.692. The van der Waals surface area contributed by atoms with Crippen molar-refractivity contribution in [3.05, 3.63) is 23.3 Å². The molecule has 35 heavy (non-hydrogen) atoms. The summed E-state index contributed by atoms with van der Waals surface area (Å²) in [7, 11) is 1.20. The van der Waals surface area contributed by atoms with E-state index in [0.29, 0.717) is 11.1 Å². The Labute approximate surface area is 203 Å². The molecule has 9 heteroatoms. The topological polar surface area (TPSA) is 125 Å². The van der Waals surface area contributed by atoms with Crippen molar-refractivity contribution in [1.82, 2.24) is 0 Å². The monoisotopic (exact) mass is 488 g/mol. The van der Waals surface area contributed by atoms with Crippen molar-refractivity contribution in [2.24, 2.45) is 34.0 Å². The Hall–Kier alpha value is -2.52. The molecule has 2 saturated heterocycles. The smallest absolute Gasteiger partial charge is 0.331 e. The van der Waals surface area contributed by atoms with Crippen molar-refractivity contribution < 1.29 is 43.2 Å². The lowest BCUT2D eigenvalue weighted by Crippen LogP contribution is -2.74. The van der Waals surface area contributed by atoms with Gasteiger partial charge in [-0.25, -0.2) is 4.79 Å². The van der Waals surface area contributed by atoms with Crippen LogP contribution in [0.5, 0.6) is 0 Å². The molecule has 3 aliphatic heterocycles. The predicted octanol–water partition coefficient (Wildman–Crippen LogP) is 1.86. The van der Waals surface area contributed by atoms with E-state index in [1.807, 2.05) is 6.92 Å². The molecule has 0 spiro atoms. The van der Waals surface area contributed by atoms with Gasteiger partial charge in [0.25, 0.3) is 0 Å². The molecule has 0 amide bonds. The summed E-state index contributed by atoms with van der Waals surface area (Å²) in [5.41, 5.74) is -4.33. The Kier molecular flexibility index (Phi) is 4.86. The zero-order chi connectivity index (χ0) is 25.9. The third-order valence-corrected chi connectivity index (χ3v) is 9.60. The molecule has 1 N–H and O–H groups in total. The number of rotatable bonds is 1. The van der Waals surface area contributed by atoms with Crippen molar-refractivity contribution in [2.75, 3.05) is 7.11 Å². The van der Waals surface area contributed by atoms with Crippen molar-refractivity contribution in [2.45, 2.75) is 72.1 Å². The Bertz CT molecular complexity index is 1120. The average molecular weight is 489 g/mol. The van der Waals surface area contributed by atoms with E-state index in [9.17, 15) is 24.3 Å². The second-order valence-electron chi connectivity index (χ2n) is 11.5. The minimum Gasteiger partial charge on any atom is -0.468 e. The van der Waals surface area contributed by atoms with E-state index in [1.54, 1.807) is 33.8 Å². The number of ether oxygens (including phenoxy) is 4. The van der Waals surface area contributed by atoms with Gasteiger partial charge in [0, 0.05) is 11.5 Å². The van der Waals surface area contributed by atoms with Gasteiger partial charge < -0.3 is 24.1 Å². The van der Waals surface area contributed by atoms with Crippen molar-refractivity contribution in [1.29, 1.82) is 0 Å². The Morgan fingerprint density at radius 2 is 1.80 bits per heavy atom. The highest BCUT2D eigenvalue weighted by molar-refractivity contribution is 6.09. The van der Waals surface area contributed by atoms with E-state index in [0.717, 1.165) is 0 Å². The quantitative estimate of drug-likeness (QED) is 0.334. The largest absolute Gasteiger partial charge is 0.468 e. The van der Waals surface area contributed by atoms with Gasteiger partial charge >= 0.3 is 17.9 Å². The molecule has 9 atom stereocenters. The lowest BCUT2D eigenvalue weighted by atomic mass is 9.38. The minimum absolute atomic E-state index is 0.222. The summed E-state index contributed by atoms with van der Waals surface area (Å²) < 4.78 is 22.3. The molecule has 5 aliphatic rings. The van der Waals surface area contributed by atoms with Crippen molar-refractivity contribution in [3.8, 4) is 0 Å². The number of fused-ring (bicyclic) bond motifs is 3. The van der Waals surface area contributed by atoms with Crippen molar-refractivity contribution in [3.63, 3.8) is 0 Å². The lowest BCUT2D eigenvalue weighted by molar-refractivity contribution is -0.264. The van der Waals surface area contributed by atoms with Crippen LogP contribution in [0.2, 0.25) is 0 Å². The molecule has 9 nitrogen and oxygen atoms in total. The molecular weight excluding hydrogens is 456 g/mol. The number of aliphatic hydroxyl groups excluding tert-OH is 1. The molecular formula is C26H32O9. The first-order valence-electron chi connectivity index (χ1n) is 12.0. The summed E-state index contributed by atoms with van der Waals surface area (Å²) in [6.07, 6.45) is -0.271. The number of hydrogen-bond donors (Lipinski definition) is 1. The highest BCUT2D eigenvalue weighted by atomic mass is 16.7. The van der Waals surface area contributed by atoms with Crippen LogP contribution in [0.4, 0.5) is 0 Å². The molecule has 0 aromatic carbocycles. The van der Waals surface area contributed by atoms with Gasteiger partial charge in [-0.1, -0.05) is 13.8 Å². The first kappa shape index (κ1) is 24.2. The van der Waals surface area contributed by atoms with E-state index >= 15 is 0 Å². The van der Waals surface area contributed by atoms with E-state index in [2.05, 4.69) is 0 Å². The van der Waals surface area contributed by atoms with Gasteiger partial charge in [-0.05, 0) is 63.2 Å². The first-order valence-corrected chi connectivity index (χ1v) is 12.0. The molecule has 0 radical (unpaired) electrons. The van der Waals surface area contributed by atoms with E-state index in [-0.39, 0.29) is 6.42 Å². The van der Waals surface area contributed by atoms with Gasteiger partial charge in [0.15, 0.2) is 5.78 Å². The Morgan fingerprint density at radius 1 is 1.14 bits per heavy atom. The summed E-state index contributed by atoms with van der Waals surface area (Å²) in [5, 5.41) is 11.9. The molecule has 3 heterocycles. The van der Waals surface area contributed by atoms with E-state index < -0.39 is 81.8 Å². The van der Waals surface area contributed by atoms with Crippen LogP contribution >= 0.6 is 0 Å². The minimum atomic E-state index is -1.93. The van der Waals surface area contributed by atoms with Gasteiger partial charge in [0.05, 0.1) is 24.5 Å². The maximum absolute atomic E-state index is 14.2. The van der Waals surface area contributed by atoms with Gasteiger partial charge in [-0.3, -0.25) is 14.4 Å². The lowest BCUT2D eigenvalue weighted by Gasteiger charge is -2.63. The highest BCUT2D eigenvalue weighted by Gasteiger charge is 2.83. The van der Waals surface area contributed by atoms with Gasteiger partial charge in [0.1, 0.15) is 17.1 Å². The van der Waals surface area contributed by atoms with E-state index in [4.69, 9.17) is 18.9 Å². The first-order chi connectivity index (χ1) is 16.2. The molecule has 3 fully saturated rings. The molecule has 5 rings (SSSR count). The fourth-order valence-corrected chi connectivity index (χ4v) is 7.90. The molecule has 0 bridgehead atoms. The number of carbonyl (C=O) groups excluding carboxylic acids is 4. The highest BCUT2D eigenvalue weighted by Crippen LogP contribution is 2.72. The summed E-state index contributed by atoms with van der Waals surface area (Å²) in [4.78, 5) is 53.8. The number of aliphatic hydroxyl groups is 1. The van der Waals surface area contributed by atoms with Crippen LogP contribution in [-0.4, -0.2) is 60.0 Å². The molecule has 190 valence electrons. The van der Waals surface area contributed by atoms with Crippen LogP contribution in [0, 0.1) is 34.0 Å². The standard InChI is InChI=1S/C26H32O9/c1-11-13-8-17(28)35-23(3,4)14(13)9-16(27)25(6)15(11)10-24(5)18-20(34-21(24)30)33-12(2)19(29)26(18,25)22(31)32-7/h8-9,11-12,15-16,18,20,27H,10H2,1-7H3/t11-,12-,15-,16+,18+,20+,24+,25+,26-/m0/s1. The zero-order valence-electron chi connectivity index (χ0n) is 21.0. The maximum atomic E-state index is 14.2. The van der Waals surface area contributed by atoms with Gasteiger partial charge in [0.2, 0.25) is 6.29 Å². The van der Waals surface area contributed by atoms with Crippen LogP contribution < -0.4 is 0 Å². The predicted molar refractivity (Wildman–Crippen MR) is 119 cm³/mol. The number of esters is 3. The molecule has 1 saturated carbocycles. The van der Waals surface area contributed by atoms with Crippen LogP contribution in [0.25, 0.3) is 0 Å². The summed E-state index contributed by atoms with van der Waals surface area (Å²) in [6, 6.07) is 0. The number of Topliss-reactive ketones (excluding diaryl/α,β-unsaturated/α-hetero) is 1. The molecule has 0 unspecified atom stereocenters. The van der Waals surface area contributed by atoms with Gasteiger partial charge in [-0.15, -0.1) is 0 Å². The summed E-state index contributed by atoms with van der Waals surface area (Å²) in [6.45, 7) is 10.3. The SMILES string of the molecule is COC(=O)[C@]12C(=O)[C@H](C)O[C@@H]3OC(=O)[C@](C)(C[C@H]4[C@@H](C)C5=CC(=O)OC(C)(C)C5=C[C@@H](O)[C@@]41C)[C@@H]32. The maximum Gasteiger partial charge on any atom is 0.331 e. The molecule has 0 aromatic rings. The van der Waals surface area contributed by atoms with Crippen LogP contribution in [0.15, 0.2) is 23.3 Å². The average Bonchev–Trinajstić information content (AvgIpc) is 2.98. The number of ketones is 1. The number of methoxy groups -OCH3 is 1. The number of hydrogen-bond acceptors (Lipinski definition) is 9. The molecule has 0 aromatic heterocycles. The normalized spacial score (nSPS) is 47.7. The van der Waals surface area contributed by atoms with Crippen LogP contribution in [0.1, 0.15) is 48.0 Å². The van der Waals surface area contributed by atoms with E-state index in [1.165, 1.54) is 20.1 Å². The third-order valence-electron chi connectivity index (χ3n) is 9.60. The Balaban J connectivity index is 1.87. The number of carbonyl (C=O) groups is 4. The summed E-state index contributed by atoms with van der Waals surface area (Å²) in [5.74, 6) is -4.39. The Morgan fingerprint density at radius 3 is 2.43 bits per heavy atom. The fourth-order valence-electron chi connectivity index (χ4n) is 7.90. The van der Waals surface area contributed by atoms with Crippen LogP contribution in [0.3, 0.4) is 0 Å². The van der Waals surface area contributed by atoms with Crippen molar-refractivity contribution >= 4 is 23.7 Å².